The maximum Gasteiger partial charge on any atom is 0.144 e. The number of ether oxygens (including phenoxy) is 1. The lowest BCUT2D eigenvalue weighted by atomic mass is 9.92. The van der Waals surface area contributed by atoms with Crippen molar-refractivity contribution in [2.75, 3.05) is 5.73 Å². The molecule has 8 aromatic carbocycles. The first-order valence-electron chi connectivity index (χ1n) is 14.8. The van der Waals surface area contributed by atoms with E-state index in [-0.39, 0.29) is 0 Å². The third-order valence-corrected chi connectivity index (χ3v) is 8.81. The van der Waals surface area contributed by atoms with Gasteiger partial charge in [-0.3, -0.25) is 0 Å². The summed E-state index contributed by atoms with van der Waals surface area (Å²) in [6, 6.07) is 50.8. The average molecular weight is 586 g/mol. The van der Waals surface area contributed by atoms with Gasteiger partial charge in [0.25, 0.3) is 0 Å². The number of halogens is 1. The highest BCUT2D eigenvalue weighted by Crippen LogP contribution is 2.42. The largest absolute Gasteiger partial charge is 0.487 e. The first-order chi connectivity index (χ1) is 21.6. The van der Waals surface area contributed by atoms with Gasteiger partial charge in [-0.05, 0) is 83.5 Å². The van der Waals surface area contributed by atoms with Gasteiger partial charge in [-0.15, -0.1) is 0 Å². The van der Waals surface area contributed by atoms with E-state index in [1.165, 1.54) is 43.4 Å². The van der Waals surface area contributed by atoms with Crippen LogP contribution < -0.4 is 10.5 Å². The molecule has 0 aliphatic carbocycles. The highest BCUT2D eigenvalue weighted by molar-refractivity contribution is 6.31. The van der Waals surface area contributed by atoms with Crippen molar-refractivity contribution in [3.63, 3.8) is 0 Å². The monoisotopic (exact) mass is 585 g/mol. The lowest BCUT2D eigenvalue weighted by Crippen LogP contribution is -2.01. The lowest BCUT2D eigenvalue weighted by Gasteiger charge is -2.17. The van der Waals surface area contributed by atoms with Gasteiger partial charge in [0.05, 0.1) is 5.69 Å². The minimum Gasteiger partial charge on any atom is -0.487 e. The highest BCUT2D eigenvalue weighted by Gasteiger charge is 2.16. The first kappa shape index (κ1) is 26.3. The quantitative estimate of drug-likeness (QED) is 0.161. The molecule has 0 unspecified atom stereocenters. The van der Waals surface area contributed by atoms with Gasteiger partial charge in [0.1, 0.15) is 12.4 Å². The van der Waals surface area contributed by atoms with Crippen molar-refractivity contribution in [1.29, 1.82) is 0 Å². The summed E-state index contributed by atoms with van der Waals surface area (Å²) >= 11 is 6.67. The minimum atomic E-state index is 0.376. The van der Waals surface area contributed by atoms with E-state index < -0.39 is 0 Å². The van der Waals surface area contributed by atoms with E-state index in [1.807, 2.05) is 6.07 Å². The molecule has 8 aromatic rings. The Kier molecular flexibility index (Phi) is 6.43. The SMILES string of the molecule is Nc1c(OCc2ccc(-c3cc4ccccc4c4ccccc34)cc2)cc(Cl)cc1-c1cc2ccccc2c2ccccc12. The molecule has 0 aliphatic rings. The fraction of sp³-hybridized carbons (Fsp3) is 0.0244. The molecule has 8 rings (SSSR count). The summed E-state index contributed by atoms with van der Waals surface area (Å²) in [5.41, 5.74) is 12.7. The van der Waals surface area contributed by atoms with Crippen LogP contribution in [0, 0.1) is 0 Å². The van der Waals surface area contributed by atoms with Crippen LogP contribution in [0.5, 0.6) is 5.75 Å². The van der Waals surface area contributed by atoms with Crippen molar-refractivity contribution >= 4 is 60.4 Å². The Labute approximate surface area is 260 Å². The summed E-state index contributed by atoms with van der Waals surface area (Å²) in [5.74, 6) is 0.578. The molecular formula is C41H28ClNO. The second kappa shape index (κ2) is 10.8. The number of anilines is 1. The zero-order chi connectivity index (χ0) is 29.6. The van der Waals surface area contributed by atoms with E-state index in [1.54, 1.807) is 6.07 Å². The smallest absolute Gasteiger partial charge is 0.144 e. The molecule has 0 saturated carbocycles. The molecule has 210 valence electrons. The molecule has 0 atom stereocenters. The van der Waals surface area contributed by atoms with E-state index in [0.29, 0.717) is 23.1 Å². The molecule has 2 nitrogen and oxygen atoms in total. The molecule has 0 radical (unpaired) electrons. The molecule has 0 aromatic heterocycles. The number of nitrogen functional groups attached to an aromatic ring is 1. The molecular weight excluding hydrogens is 558 g/mol. The van der Waals surface area contributed by atoms with Crippen molar-refractivity contribution in [3.05, 3.63) is 156 Å². The summed E-state index contributed by atoms with van der Waals surface area (Å²) in [4.78, 5) is 0. The molecule has 44 heavy (non-hydrogen) atoms. The van der Waals surface area contributed by atoms with Crippen LogP contribution in [-0.2, 0) is 6.61 Å². The Morgan fingerprint density at radius 1 is 0.477 bits per heavy atom. The summed E-state index contributed by atoms with van der Waals surface area (Å²) in [6.07, 6.45) is 0. The number of hydrogen-bond donors (Lipinski definition) is 1. The van der Waals surface area contributed by atoms with Gasteiger partial charge >= 0.3 is 0 Å². The maximum absolute atomic E-state index is 6.80. The van der Waals surface area contributed by atoms with Crippen LogP contribution in [0.2, 0.25) is 5.02 Å². The van der Waals surface area contributed by atoms with Crippen molar-refractivity contribution in [2.24, 2.45) is 0 Å². The van der Waals surface area contributed by atoms with Gasteiger partial charge in [0.2, 0.25) is 0 Å². The molecule has 0 heterocycles. The van der Waals surface area contributed by atoms with Crippen molar-refractivity contribution in [2.45, 2.75) is 6.61 Å². The normalized spacial score (nSPS) is 11.5. The van der Waals surface area contributed by atoms with Crippen LogP contribution in [0.1, 0.15) is 5.56 Å². The second-order valence-electron chi connectivity index (χ2n) is 11.2. The highest BCUT2D eigenvalue weighted by atomic mass is 35.5. The van der Waals surface area contributed by atoms with Gasteiger partial charge in [0, 0.05) is 16.7 Å². The predicted octanol–water partition coefficient (Wildman–Crippen LogP) is 11.4. The van der Waals surface area contributed by atoms with Crippen molar-refractivity contribution in [3.8, 4) is 28.0 Å². The Balaban J connectivity index is 1.12. The minimum absolute atomic E-state index is 0.376. The number of fused-ring (bicyclic) bond motifs is 6. The number of nitrogens with two attached hydrogens (primary N) is 1. The van der Waals surface area contributed by atoms with Crippen LogP contribution in [0.4, 0.5) is 5.69 Å². The Morgan fingerprint density at radius 2 is 0.977 bits per heavy atom. The Hall–Kier alpha value is -5.31. The molecule has 3 heteroatoms. The van der Waals surface area contributed by atoms with E-state index in [0.717, 1.165) is 27.5 Å². The fourth-order valence-corrected chi connectivity index (χ4v) is 6.66. The summed E-state index contributed by atoms with van der Waals surface area (Å²) in [5, 5.41) is 10.3. The molecule has 0 amide bonds. The van der Waals surface area contributed by atoms with Crippen molar-refractivity contribution < 1.29 is 4.74 Å². The predicted molar refractivity (Wildman–Crippen MR) is 188 cm³/mol. The van der Waals surface area contributed by atoms with Gasteiger partial charge in [-0.25, -0.2) is 0 Å². The molecule has 0 aliphatic heterocycles. The third kappa shape index (κ3) is 4.52. The molecule has 0 bridgehead atoms. The van der Waals surface area contributed by atoms with Gasteiger partial charge < -0.3 is 10.5 Å². The van der Waals surface area contributed by atoms with E-state index in [4.69, 9.17) is 22.1 Å². The van der Waals surface area contributed by atoms with Crippen LogP contribution >= 0.6 is 11.6 Å². The molecule has 0 fully saturated rings. The first-order valence-corrected chi connectivity index (χ1v) is 15.1. The third-order valence-electron chi connectivity index (χ3n) is 8.59. The number of hydrogen-bond acceptors (Lipinski definition) is 2. The van der Waals surface area contributed by atoms with Crippen molar-refractivity contribution in [1.82, 2.24) is 0 Å². The maximum atomic E-state index is 6.80. The van der Waals surface area contributed by atoms with Crippen LogP contribution in [-0.4, -0.2) is 0 Å². The topological polar surface area (TPSA) is 35.2 Å². The van der Waals surface area contributed by atoms with Crippen LogP contribution in [0.3, 0.4) is 0 Å². The number of rotatable bonds is 5. The van der Waals surface area contributed by atoms with E-state index in [9.17, 15) is 0 Å². The van der Waals surface area contributed by atoms with Crippen LogP contribution in [0.25, 0.3) is 65.3 Å². The summed E-state index contributed by atoms with van der Waals surface area (Å²) in [6.45, 7) is 0.376. The zero-order valence-electron chi connectivity index (χ0n) is 23.9. The van der Waals surface area contributed by atoms with Gasteiger partial charge in [-0.1, -0.05) is 133 Å². The summed E-state index contributed by atoms with van der Waals surface area (Å²) in [7, 11) is 0. The standard InChI is InChI=1S/C41H28ClNO/c42-30-23-39(38-22-29-10-2-4-12-32(29)34-14-6-8-16-36(34)38)41(43)40(24-30)44-25-26-17-19-27(20-18-26)37-21-28-9-1-3-11-31(28)33-13-5-7-15-35(33)37/h1-24H,25,43H2. The summed E-state index contributed by atoms with van der Waals surface area (Å²) < 4.78 is 6.33. The average Bonchev–Trinajstić information content (AvgIpc) is 3.08. The second-order valence-corrected chi connectivity index (χ2v) is 11.7. The molecule has 0 saturated heterocycles. The lowest BCUT2D eigenvalue weighted by molar-refractivity contribution is 0.308. The Morgan fingerprint density at radius 3 is 1.59 bits per heavy atom. The van der Waals surface area contributed by atoms with Gasteiger partial charge in [-0.2, -0.15) is 0 Å². The zero-order valence-corrected chi connectivity index (χ0v) is 24.7. The van der Waals surface area contributed by atoms with E-state index >= 15 is 0 Å². The van der Waals surface area contributed by atoms with Gasteiger partial charge in [0.15, 0.2) is 0 Å². The molecule has 2 N–H and O–H groups in total. The fourth-order valence-electron chi connectivity index (χ4n) is 6.45. The Bertz CT molecular complexity index is 2360. The van der Waals surface area contributed by atoms with Crippen LogP contribution in [0.15, 0.2) is 146 Å². The number of benzene rings is 8. The van der Waals surface area contributed by atoms with E-state index in [2.05, 4.69) is 133 Å². The molecule has 0 spiro atoms.